The second-order valence-corrected chi connectivity index (χ2v) is 4.78. The molecule has 0 unspecified atom stereocenters. The average Bonchev–Trinajstić information content (AvgIpc) is 2.77. The zero-order valence-electron chi connectivity index (χ0n) is 11.2. The monoisotopic (exact) mass is 285 g/mol. The fourth-order valence-electron chi connectivity index (χ4n) is 2.22. The molecule has 0 amide bonds. The third-order valence-corrected chi connectivity index (χ3v) is 3.12. The molecule has 0 spiro atoms. The fraction of sp³-hybridized carbons (Fsp3) is 0.133. The predicted octanol–water partition coefficient (Wildman–Crippen LogP) is 2.63. The second kappa shape index (κ2) is 4.97. The minimum atomic E-state index is -0.986. The van der Waals surface area contributed by atoms with E-state index in [4.69, 9.17) is 5.11 Å². The van der Waals surface area contributed by atoms with Crippen molar-refractivity contribution in [2.75, 3.05) is 0 Å². The van der Waals surface area contributed by atoms with Crippen LogP contribution in [0.2, 0.25) is 0 Å². The number of pyridine rings is 1. The van der Waals surface area contributed by atoms with Crippen LogP contribution < -0.4 is 0 Å². The molecule has 0 bridgehead atoms. The SMILES string of the molecule is Cc1cnc2c(c1)nc(-c1ccc(F)cc1)n2CC(=O)O. The number of benzene rings is 1. The molecule has 2 aromatic heterocycles. The summed E-state index contributed by atoms with van der Waals surface area (Å²) in [6.07, 6.45) is 1.66. The molecule has 3 rings (SSSR count). The number of nitrogens with zero attached hydrogens (tertiary/aromatic N) is 3. The number of hydrogen-bond acceptors (Lipinski definition) is 3. The average molecular weight is 285 g/mol. The van der Waals surface area contributed by atoms with Crippen LogP contribution in [-0.4, -0.2) is 25.6 Å². The van der Waals surface area contributed by atoms with Crippen LogP contribution in [0.1, 0.15) is 5.56 Å². The van der Waals surface area contributed by atoms with Crippen molar-refractivity contribution in [3.8, 4) is 11.4 Å². The third-order valence-electron chi connectivity index (χ3n) is 3.12. The van der Waals surface area contributed by atoms with Crippen molar-refractivity contribution in [2.45, 2.75) is 13.5 Å². The lowest BCUT2D eigenvalue weighted by molar-refractivity contribution is -0.137. The Balaban J connectivity index is 2.24. The molecule has 0 saturated heterocycles. The van der Waals surface area contributed by atoms with E-state index in [0.29, 0.717) is 22.6 Å². The zero-order chi connectivity index (χ0) is 15.0. The Bertz CT molecular complexity index is 825. The first-order valence-electron chi connectivity index (χ1n) is 6.35. The molecule has 0 aliphatic rings. The van der Waals surface area contributed by atoms with Gasteiger partial charge in [-0.15, -0.1) is 0 Å². The lowest BCUT2D eigenvalue weighted by Gasteiger charge is -2.05. The van der Waals surface area contributed by atoms with Crippen molar-refractivity contribution in [3.05, 3.63) is 47.9 Å². The Hall–Kier alpha value is -2.76. The van der Waals surface area contributed by atoms with Crippen molar-refractivity contribution in [2.24, 2.45) is 0 Å². The molecule has 2 heterocycles. The van der Waals surface area contributed by atoms with E-state index in [0.717, 1.165) is 5.56 Å². The Morgan fingerprint density at radius 3 is 2.71 bits per heavy atom. The van der Waals surface area contributed by atoms with Gasteiger partial charge in [0.25, 0.3) is 0 Å². The maximum Gasteiger partial charge on any atom is 0.323 e. The maximum atomic E-state index is 13.0. The van der Waals surface area contributed by atoms with Crippen molar-refractivity contribution in [1.82, 2.24) is 14.5 Å². The first kappa shape index (κ1) is 13.2. The van der Waals surface area contributed by atoms with E-state index >= 15 is 0 Å². The second-order valence-electron chi connectivity index (χ2n) is 4.78. The number of carboxylic acids is 1. The van der Waals surface area contributed by atoms with Crippen LogP contribution in [0.4, 0.5) is 4.39 Å². The molecule has 0 radical (unpaired) electrons. The van der Waals surface area contributed by atoms with Gasteiger partial charge in [-0.2, -0.15) is 0 Å². The number of imidazole rings is 1. The Morgan fingerprint density at radius 2 is 2.05 bits per heavy atom. The van der Waals surface area contributed by atoms with Crippen LogP contribution in [-0.2, 0) is 11.3 Å². The van der Waals surface area contributed by atoms with Crippen molar-refractivity contribution < 1.29 is 14.3 Å². The fourth-order valence-corrected chi connectivity index (χ4v) is 2.22. The van der Waals surface area contributed by atoms with Crippen LogP contribution >= 0.6 is 0 Å². The minimum Gasteiger partial charge on any atom is -0.480 e. The van der Waals surface area contributed by atoms with Crippen molar-refractivity contribution in [3.63, 3.8) is 0 Å². The maximum absolute atomic E-state index is 13.0. The van der Waals surface area contributed by atoms with Crippen molar-refractivity contribution >= 4 is 17.1 Å². The van der Waals surface area contributed by atoms with Crippen LogP contribution in [0.25, 0.3) is 22.6 Å². The van der Waals surface area contributed by atoms with Gasteiger partial charge < -0.3 is 5.11 Å². The van der Waals surface area contributed by atoms with Gasteiger partial charge in [-0.3, -0.25) is 9.36 Å². The summed E-state index contributed by atoms with van der Waals surface area (Å²) >= 11 is 0. The Labute approximate surface area is 119 Å². The van der Waals surface area contributed by atoms with Gasteiger partial charge in [-0.25, -0.2) is 14.4 Å². The summed E-state index contributed by atoms with van der Waals surface area (Å²) in [6.45, 7) is 1.64. The van der Waals surface area contributed by atoms with Gasteiger partial charge in [0.15, 0.2) is 5.65 Å². The number of carbonyl (C=O) groups is 1. The summed E-state index contributed by atoms with van der Waals surface area (Å²) in [4.78, 5) is 19.8. The summed E-state index contributed by atoms with van der Waals surface area (Å²) in [5, 5.41) is 9.08. The quantitative estimate of drug-likeness (QED) is 0.803. The first-order chi connectivity index (χ1) is 10.0. The minimum absolute atomic E-state index is 0.251. The summed E-state index contributed by atoms with van der Waals surface area (Å²) in [7, 11) is 0. The third kappa shape index (κ3) is 2.47. The van der Waals surface area contributed by atoms with E-state index in [1.54, 1.807) is 18.3 Å². The van der Waals surface area contributed by atoms with Gasteiger partial charge in [0.1, 0.15) is 23.7 Å². The molecule has 1 N–H and O–H groups in total. The van der Waals surface area contributed by atoms with E-state index in [1.165, 1.54) is 16.7 Å². The summed E-state index contributed by atoms with van der Waals surface area (Å²) < 4.78 is 14.6. The largest absolute Gasteiger partial charge is 0.480 e. The van der Waals surface area contributed by atoms with E-state index < -0.39 is 5.97 Å². The number of rotatable bonds is 3. The highest BCUT2D eigenvalue weighted by molar-refractivity contribution is 5.80. The van der Waals surface area contributed by atoms with Crippen molar-refractivity contribution in [1.29, 1.82) is 0 Å². The van der Waals surface area contributed by atoms with Gasteiger partial charge in [0.2, 0.25) is 0 Å². The predicted molar refractivity (Wildman–Crippen MR) is 75.3 cm³/mol. The molecule has 1 aromatic carbocycles. The molecule has 5 nitrogen and oxygen atoms in total. The topological polar surface area (TPSA) is 68.0 Å². The highest BCUT2D eigenvalue weighted by Gasteiger charge is 2.16. The smallest absolute Gasteiger partial charge is 0.323 e. The molecule has 6 heteroatoms. The highest BCUT2D eigenvalue weighted by atomic mass is 19.1. The zero-order valence-corrected chi connectivity index (χ0v) is 11.2. The molecule has 0 fully saturated rings. The van der Waals surface area contributed by atoms with Gasteiger partial charge in [0.05, 0.1) is 0 Å². The number of halogens is 1. The number of carboxylic acid groups (broad SMARTS) is 1. The van der Waals surface area contributed by atoms with E-state index in [9.17, 15) is 9.18 Å². The number of fused-ring (bicyclic) bond motifs is 1. The summed E-state index contributed by atoms with van der Waals surface area (Å²) in [5.41, 5.74) is 2.71. The lowest BCUT2D eigenvalue weighted by atomic mass is 10.2. The molecular formula is C15H12FN3O2. The summed E-state index contributed by atoms with van der Waals surface area (Å²) in [6, 6.07) is 7.62. The van der Waals surface area contributed by atoms with E-state index in [2.05, 4.69) is 9.97 Å². The highest BCUT2D eigenvalue weighted by Crippen LogP contribution is 2.24. The van der Waals surface area contributed by atoms with Gasteiger partial charge >= 0.3 is 5.97 Å². The molecule has 21 heavy (non-hydrogen) atoms. The molecular weight excluding hydrogens is 273 g/mol. The van der Waals surface area contributed by atoms with E-state index in [-0.39, 0.29) is 12.4 Å². The standard InChI is InChI=1S/C15H12FN3O2/c1-9-6-12-15(17-7-9)19(8-13(20)21)14(18-12)10-2-4-11(16)5-3-10/h2-7H,8H2,1H3,(H,20,21). The van der Waals surface area contributed by atoms with Gasteiger partial charge in [-0.1, -0.05) is 0 Å². The van der Waals surface area contributed by atoms with Crippen LogP contribution in [0.3, 0.4) is 0 Å². The van der Waals surface area contributed by atoms with Crippen LogP contribution in [0, 0.1) is 12.7 Å². The van der Waals surface area contributed by atoms with E-state index in [1.807, 2.05) is 13.0 Å². The molecule has 106 valence electrons. The molecule has 0 aliphatic carbocycles. The lowest BCUT2D eigenvalue weighted by Crippen LogP contribution is -2.10. The molecule has 3 aromatic rings. The number of aromatic nitrogens is 3. The van der Waals surface area contributed by atoms with Gasteiger partial charge in [0, 0.05) is 11.8 Å². The Kier molecular flexibility index (Phi) is 3.13. The number of aliphatic carboxylic acids is 1. The van der Waals surface area contributed by atoms with Crippen LogP contribution in [0.15, 0.2) is 36.5 Å². The molecule has 0 saturated carbocycles. The first-order valence-corrected chi connectivity index (χ1v) is 6.35. The summed E-state index contributed by atoms with van der Waals surface area (Å²) in [5.74, 6) is -0.876. The molecule has 0 aliphatic heterocycles. The normalized spacial score (nSPS) is 11.0. The number of hydrogen-bond donors (Lipinski definition) is 1. The number of aryl methyl sites for hydroxylation is 1. The van der Waals surface area contributed by atoms with Crippen LogP contribution in [0.5, 0.6) is 0 Å². The Morgan fingerprint density at radius 1 is 1.33 bits per heavy atom. The van der Waals surface area contributed by atoms with Gasteiger partial charge in [-0.05, 0) is 42.8 Å². The molecule has 0 atom stereocenters.